The Morgan fingerprint density at radius 3 is 1.53 bits per heavy atom. The number of nitrogens with zero attached hydrogens (tertiary/aromatic N) is 5. The third-order valence-electron chi connectivity index (χ3n) is 11.6. The van der Waals surface area contributed by atoms with E-state index < -0.39 is 0 Å². The highest BCUT2D eigenvalue weighted by Gasteiger charge is 2.21. The molecule has 0 amide bonds. The van der Waals surface area contributed by atoms with Crippen molar-refractivity contribution in [2.45, 2.75) is 0 Å². The summed E-state index contributed by atoms with van der Waals surface area (Å²) in [4.78, 5) is 9.93. The molecule has 4 heterocycles. The van der Waals surface area contributed by atoms with E-state index in [4.69, 9.17) is 14.4 Å². The molecule has 0 fully saturated rings. The number of hydrogen-bond donors (Lipinski definition) is 0. The number of furan rings is 1. The molecule has 274 valence electrons. The fourth-order valence-corrected chi connectivity index (χ4v) is 8.93. The van der Waals surface area contributed by atoms with Crippen LogP contribution in [0.1, 0.15) is 5.56 Å². The first kappa shape index (κ1) is 32.9. The van der Waals surface area contributed by atoms with E-state index in [2.05, 4.69) is 130 Å². The second kappa shape index (κ2) is 12.9. The molecule has 6 heteroatoms. The first-order valence-corrected chi connectivity index (χ1v) is 19.6. The number of nitriles is 1. The van der Waals surface area contributed by atoms with Gasteiger partial charge in [0.25, 0.3) is 0 Å². The summed E-state index contributed by atoms with van der Waals surface area (Å²) < 4.78 is 11.3. The van der Waals surface area contributed by atoms with Crippen molar-refractivity contribution in [1.82, 2.24) is 19.1 Å². The number of benzene rings is 8. The van der Waals surface area contributed by atoms with Crippen LogP contribution in [-0.4, -0.2) is 19.1 Å². The van der Waals surface area contributed by atoms with Crippen LogP contribution in [0.3, 0.4) is 0 Å². The van der Waals surface area contributed by atoms with E-state index >= 15 is 0 Å². The Hall–Kier alpha value is -8.27. The molecule has 0 aliphatic rings. The van der Waals surface area contributed by atoms with E-state index in [1.54, 1.807) is 0 Å². The largest absolute Gasteiger partial charge is 0.456 e. The van der Waals surface area contributed by atoms with Crippen molar-refractivity contribution in [1.29, 1.82) is 5.26 Å². The van der Waals surface area contributed by atoms with Crippen LogP contribution in [0.4, 0.5) is 0 Å². The topological polar surface area (TPSA) is 72.6 Å². The quantitative estimate of drug-likeness (QED) is 0.175. The predicted molar refractivity (Wildman–Crippen MR) is 239 cm³/mol. The van der Waals surface area contributed by atoms with Gasteiger partial charge in [-0.3, -0.25) is 0 Å². The van der Waals surface area contributed by atoms with Gasteiger partial charge in [-0.15, -0.1) is 0 Å². The third kappa shape index (κ3) is 5.05. The van der Waals surface area contributed by atoms with Crippen molar-refractivity contribution >= 4 is 65.6 Å². The lowest BCUT2D eigenvalue weighted by molar-refractivity contribution is 0.669. The molecule has 59 heavy (non-hydrogen) atoms. The average Bonchev–Trinajstić information content (AvgIpc) is 3.96. The van der Waals surface area contributed by atoms with Crippen LogP contribution in [-0.2, 0) is 0 Å². The molecule has 0 aliphatic heterocycles. The van der Waals surface area contributed by atoms with Gasteiger partial charge in [-0.2, -0.15) is 5.26 Å². The lowest BCUT2D eigenvalue weighted by atomic mass is 9.99. The standard InChI is InChI=1S/C53H31N5O/c54-32-44-51(33-13-3-1-4-14-33)55-53(34-15-5-2-6-16-34)56-52(44)35-23-26-41-43-31-37(25-28-49(43)59-50(41)29-35)58-47-22-12-9-19-40(47)42-30-36(24-27-48(42)58)57-45-20-10-7-17-38(45)39-18-8-11-21-46(39)57/h1-31H. The van der Waals surface area contributed by atoms with Gasteiger partial charge in [0.15, 0.2) is 5.82 Å². The zero-order chi connectivity index (χ0) is 39.0. The highest BCUT2D eigenvalue weighted by Crippen LogP contribution is 2.40. The smallest absolute Gasteiger partial charge is 0.160 e. The SMILES string of the molecule is N#Cc1c(-c2ccccc2)nc(-c2ccccc2)nc1-c1ccc2c(c1)oc1ccc(-n3c4ccccc4c4cc(-n5c6ccccc6c6ccccc65)ccc43)cc12. The Labute approximate surface area is 338 Å². The number of fused-ring (bicyclic) bond motifs is 9. The van der Waals surface area contributed by atoms with Crippen LogP contribution in [0, 0.1) is 11.3 Å². The summed E-state index contributed by atoms with van der Waals surface area (Å²) in [5.41, 5.74) is 12.4. The van der Waals surface area contributed by atoms with Gasteiger partial charge in [0.2, 0.25) is 0 Å². The molecule has 0 atom stereocenters. The van der Waals surface area contributed by atoms with Crippen molar-refractivity contribution < 1.29 is 4.42 Å². The molecule has 0 N–H and O–H groups in total. The molecule has 0 aliphatic carbocycles. The number of aromatic nitrogens is 4. The first-order chi connectivity index (χ1) is 29.2. The Balaban J connectivity index is 1.01. The number of para-hydroxylation sites is 3. The Morgan fingerprint density at radius 1 is 0.390 bits per heavy atom. The molecule has 0 unspecified atom stereocenters. The van der Waals surface area contributed by atoms with E-state index in [0.717, 1.165) is 61.0 Å². The molecule has 6 nitrogen and oxygen atoms in total. The maximum Gasteiger partial charge on any atom is 0.160 e. The monoisotopic (exact) mass is 753 g/mol. The van der Waals surface area contributed by atoms with Gasteiger partial charge < -0.3 is 13.6 Å². The fourth-order valence-electron chi connectivity index (χ4n) is 8.93. The van der Waals surface area contributed by atoms with Crippen molar-refractivity contribution in [2.24, 2.45) is 0 Å². The van der Waals surface area contributed by atoms with Crippen molar-refractivity contribution in [3.63, 3.8) is 0 Å². The highest BCUT2D eigenvalue weighted by atomic mass is 16.3. The minimum atomic E-state index is 0.418. The normalized spacial score (nSPS) is 11.7. The maximum absolute atomic E-state index is 10.6. The van der Waals surface area contributed by atoms with Crippen molar-refractivity contribution in [3.05, 3.63) is 194 Å². The van der Waals surface area contributed by atoms with Crippen molar-refractivity contribution in [3.8, 4) is 51.3 Å². The molecular weight excluding hydrogens is 723 g/mol. The zero-order valence-corrected chi connectivity index (χ0v) is 31.5. The predicted octanol–water partition coefficient (Wildman–Crippen LogP) is 13.4. The molecule has 0 bridgehead atoms. The second-order valence-electron chi connectivity index (χ2n) is 14.9. The molecular formula is C53H31N5O. The van der Waals surface area contributed by atoms with Crippen LogP contribution in [0.15, 0.2) is 192 Å². The molecule has 0 spiro atoms. The van der Waals surface area contributed by atoms with E-state index in [1.807, 2.05) is 72.8 Å². The Bertz CT molecular complexity index is 3630. The summed E-state index contributed by atoms with van der Waals surface area (Å²) in [6, 6.07) is 67.4. The molecule has 0 saturated carbocycles. The molecule has 8 aromatic carbocycles. The van der Waals surface area contributed by atoms with Crippen LogP contribution in [0.25, 0.3) is 111 Å². The average molecular weight is 754 g/mol. The van der Waals surface area contributed by atoms with Gasteiger partial charge in [-0.1, -0.05) is 121 Å². The van der Waals surface area contributed by atoms with Gasteiger partial charge >= 0.3 is 0 Å². The van der Waals surface area contributed by atoms with Crippen LogP contribution < -0.4 is 0 Å². The molecule has 12 aromatic rings. The summed E-state index contributed by atoms with van der Waals surface area (Å²) >= 11 is 0. The number of rotatable bonds is 5. The van der Waals surface area contributed by atoms with Gasteiger partial charge in [-0.05, 0) is 66.7 Å². The minimum absolute atomic E-state index is 0.418. The van der Waals surface area contributed by atoms with Crippen molar-refractivity contribution in [2.75, 3.05) is 0 Å². The highest BCUT2D eigenvalue weighted by molar-refractivity contribution is 6.13. The molecule has 0 saturated heterocycles. The summed E-state index contributed by atoms with van der Waals surface area (Å²) in [5.74, 6) is 0.557. The summed E-state index contributed by atoms with van der Waals surface area (Å²) in [5, 5.41) is 17.4. The van der Waals surface area contributed by atoms with Crippen LogP contribution in [0.2, 0.25) is 0 Å². The number of hydrogen-bond acceptors (Lipinski definition) is 4. The summed E-state index contributed by atoms with van der Waals surface area (Å²) in [6.45, 7) is 0. The maximum atomic E-state index is 10.6. The van der Waals surface area contributed by atoms with Crippen LogP contribution in [0.5, 0.6) is 0 Å². The van der Waals surface area contributed by atoms with Gasteiger partial charge in [0.1, 0.15) is 22.8 Å². The fraction of sp³-hybridized carbons (Fsp3) is 0. The second-order valence-corrected chi connectivity index (χ2v) is 14.9. The summed E-state index contributed by atoms with van der Waals surface area (Å²) in [7, 11) is 0. The van der Waals surface area contributed by atoms with E-state index in [9.17, 15) is 5.26 Å². The Morgan fingerprint density at radius 2 is 0.898 bits per heavy atom. The third-order valence-corrected chi connectivity index (χ3v) is 11.6. The van der Waals surface area contributed by atoms with E-state index in [0.29, 0.717) is 22.8 Å². The molecule has 4 aromatic heterocycles. The molecule has 12 rings (SSSR count). The first-order valence-electron chi connectivity index (χ1n) is 19.6. The minimum Gasteiger partial charge on any atom is -0.456 e. The summed E-state index contributed by atoms with van der Waals surface area (Å²) in [6.07, 6.45) is 0. The lowest BCUT2D eigenvalue weighted by Crippen LogP contribution is -2.01. The van der Waals surface area contributed by atoms with Gasteiger partial charge in [0.05, 0.1) is 33.5 Å². The van der Waals surface area contributed by atoms with Gasteiger partial charge in [-0.25, -0.2) is 9.97 Å². The lowest BCUT2D eigenvalue weighted by Gasteiger charge is -2.12. The zero-order valence-electron chi connectivity index (χ0n) is 31.5. The van der Waals surface area contributed by atoms with E-state index in [1.165, 1.54) is 32.6 Å². The molecule has 0 radical (unpaired) electrons. The Kier molecular flexibility index (Phi) is 7.19. The van der Waals surface area contributed by atoms with Crippen LogP contribution >= 0.6 is 0 Å². The van der Waals surface area contributed by atoms with Gasteiger partial charge in [0, 0.05) is 60.4 Å². The van der Waals surface area contributed by atoms with E-state index in [-0.39, 0.29) is 0 Å².